The minimum atomic E-state index is 0.597. The highest BCUT2D eigenvalue weighted by Crippen LogP contribution is 1.87. The van der Waals surface area contributed by atoms with Gasteiger partial charge < -0.3 is 9.74 Å². The fourth-order valence-corrected chi connectivity index (χ4v) is 0.837. The summed E-state index contributed by atoms with van der Waals surface area (Å²) in [6, 6.07) is 7.49. The van der Waals surface area contributed by atoms with E-state index in [9.17, 15) is 0 Å². The molecule has 18 heavy (non-hydrogen) atoms. The maximum absolute atomic E-state index is 4.55. The molecule has 0 bridgehead atoms. The van der Waals surface area contributed by atoms with E-state index >= 15 is 0 Å². The third-order valence-electron chi connectivity index (χ3n) is 1.62. The summed E-state index contributed by atoms with van der Waals surface area (Å²) in [4.78, 5) is 17.5. The van der Waals surface area contributed by atoms with Crippen LogP contribution in [0.25, 0.3) is 0 Å². The summed E-state index contributed by atoms with van der Waals surface area (Å²) in [6.07, 6.45) is 10.0. The second-order valence-electron chi connectivity index (χ2n) is 3.16. The quantitative estimate of drug-likeness (QED) is 0.702. The first kappa shape index (κ1) is 13.6. The van der Waals surface area contributed by atoms with Crippen molar-refractivity contribution in [2.24, 2.45) is 5.16 Å². The molecular formula is C12H15N5O. The van der Waals surface area contributed by atoms with Gasteiger partial charge in [-0.05, 0) is 18.2 Å². The van der Waals surface area contributed by atoms with Crippen LogP contribution in [0.2, 0.25) is 0 Å². The summed E-state index contributed by atoms with van der Waals surface area (Å²) in [7, 11) is 1.90. The Morgan fingerprint density at radius 3 is 1.72 bits per heavy atom. The standard InChI is InChI=1S/C5H5N.C4H4N2.C3H6N2O/c1-2-4-6-5-3-1;1-2-5-4-6-3-1;1-5-2-4-6-3-5/h1-5H;1-4H;2H,3H2,1H3. The van der Waals surface area contributed by atoms with Gasteiger partial charge in [-0.1, -0.05) is 11.2 Å². The molecule has 3 heterocycles. The first-order valence-electron chi connectivity index (χ1n) is 5.30. The van der Waals surface area contributed by atoms with Crippen LogP contribution in [0.15, 0.2) is 60.5 Å². The summed E-state index contributed by atoms with van der Waals surface area (Å²) in [5, 5.41) is 3.47. The van der Waals surface area contributed by atoms with E-state index in [1.807, 2.05) is 30.1 Å². The molecule has 0 saturated carbocycles. The molecule has 0 spiro atoms. The van der Waals surface area contributed by atoms with Crippen LogP contribution in [-0.2, 0) is 4.84 Å². The lowest BCUT2D eigenvalue weighted by molar-refractivity contribution is 0.120. The lowest BCUT2D eigenvalue weighted by Gasteiger charge is -1.97. The van der Waals surface area contributed by atoms with Crippen molar-refractivity contribution in [1.82, 2.24) is 19.9 Å². The summed E-state index contributed by atoms with van der Waals surface area (Å²) in [6.45, 7) is 0.597. The number of hydrogen-bond donors (Lipinski definition) is 0. The van der Waals surface area contributed by atoms with Crippen LogP contribution in [0.1, 0.15) is 0 Å². The van der Waals surface area contributed by atoms with Crippen molar-refractivity contribution in [1.29, 1.82) is 0 Å². The lowest BCUT2D eigenvalue weighted by atomic mass is 10.5. The molecule has 0 saturated heterocycles. The average Bonchev–Trinajstić information content (AvgIpc) is 2.95. The van der Waals surface area contributed by atoms with Gasteiger partial charge in [0, 0.05) is 31.8 Å². The number of pyridine rings is 1. The third kappa shape index (κ3) is 7.75. The minimum absolute atomic E-state index is 0.597. The molecule has 94 valence electrons. The molecule has 0 aromatic carbocycles. The summed E-state index contributed by atoms with van der Waals surface area (Å²) in [5.41, 5.74) is 0. The van der Waals surface area contributed by atoms with Gasteiger partial charge in [0.15, 0.2) is 6.73 Å². The topological polar surface area (TPSA) is 63.5 Å². The second-order valence-corrected chi connectivity index (χ2v) is 3.16. The molecule has 0 N–H and O–H groups in total. The largest absolute Gasteiger partial charge is 0.372 e. The number of aromatic nitrogens is 3. The number of nitrogens with zero attached hydrogens (tertiary/aromatic N) is 5. The van der Waals surface area contributed by atoms with Gasteiger partial charge in [0.2, 0.25) is 0 Å². The summed E-state index contributed by atoms with van der Waals surface area (Å²) in [5.74, 6) is 0. The normalized spacial score (nSPS) is 11.5. The number of oxime groups is 1. The van der Waals surface area contributed by atoms with Crippen LogP contribution < -0.4 is 0 Å². The van der Waals surface area contributed by atoms with Crippen LogP contribution in [-0.4, -0.2) is 40.0 Å². The highest BCUT2D eigenvalue weighted by molar-refractivity contribution is 5.54. The van der Waals surface area contributed by atoms with Gasteiger partial charge in [0.25, 0.3) is 0 Å². The smallest absolute Gasteiger partial charge is 0.190 e. The first-order valence-corrected chi connectivity index (χ1v) is 5.30. The van der Waals surface area contributed by atoms with Gasteiger partial charge in [-0.15, -0.1) is 0 Å². The zero-order valence-corrected chi connectivity index (χ0v) is 10.1. The van der Waals surface area contributed by atoms with E-state index in [1.54, 1.807) is 37.2 Å². The van der Waals surface area contributed by atoms with Crippen LogP contribution in [0, 0.1) is 0 Å². The molecule has 1 aliphatic heterocycles. The minimum Gasteiger partial charge on any atom is -0.372 e. The van der Waals surface area contributed by atoms with Crippen LogP contribution >= 0.6 is 0 Å². The summed E-state index contributed by atoms with van der Waals surface area (Å²) < 4.78 is 0. The number of rotatable bonds is 0. The number of hydrogen-bond acceptors (Lipinski definition) is 6. The maximum atomic E-state index is 4.55. The van der Waals surface area contributed by atoms with E-state index in [0.717, 1.165) is 0 Å². The van der Waals surface area contributed by atoms with E-state index in [2.05, 4.69) is 24.9 Å². The Morgan fingerprint density at radius 1 is 0.889 bits per heavy atom. The van der Waals surface area contributed by atoms with E-state index in [-0.39, 0.29) is 0 Å². The van der Waals surface area contributed by atoms with Gasteiger partial charge in [-0.3, -0.25) is 4.98 Å². The average molecular weight is 245 g/mol. The van der Waals surface area contributed by atoms with Gasteiger partial charge in [-0.2, -0.15) is 0 Å². The summed E-state index contributed by atoms with van der Waals surface area (Å²) >= 11 is 0. The van der Waals surface area contributed by atoms with Gasteiger partial charge in [0.05, 0.1) is 0 Å². The van der Waals surface area contributed by atoms with E-state index in [1.165, 1.54) is 6.33 Å². The Hall–Kier alpha value is -2.50. The molecule has 0 fully saturated rings. The van der Waals surface area contributed by atoms with E-state index in [0.29, 0.717) is 6.73 Å². The maximum Gasteiger partial charge on any atom is 0.190 e. The molecule has 0 radical (unpaired) electrons. The molecule has 2 aromatic rings. The van der Waals surface area contributed by atoms with Crippen LogP contribution in [0.3, 0.4) is 0 Å². The van der Waals surface area contributed by atoms with Crippen molar-refractivity contribution in [2.75, 3.05) is 13.8 Å². The third-order valence-corrected chi connectivity index (χ3v) is 1.62. The molecule has 6 nitrogen and oxygen atoms in total. The zero-order valence-electron chi connectivity index (χ0n) is 10.1. The highest BCUT2D eigenvalue weighted by Gasteiger charge is 1.94. The monoisotopic (exact) mass is 245 g/mol. The van der Waals surface area contributed by atoms with Crippen molar-refractivity contribution in [3.05, 3.63) is 55.4 Å². The van der Waals surface area contributed by atoms with Crippen molar-refractivity contribution >= 4 is 6.34 Å². The van der Waals surface area contributed by atoms with Crippen molar-refractivity contribution in [2.45, 2.75) is 0 Å². The van der Waals surface area contributed by atoms with Crippen molar-refractivity contribution in [3.8, 4) is 0 Å². The molecule has 2 aromatic heterocycles. The van der Waals surface area contributed by atoms with Gasteiger partial charge >= 0.3 is 0 Å². The Labute approximate surface area is 106 Å². The zero-order chi connectivity index (χ0) is 12.9. The van der Waals surface area contributed by atoms with Crippen molar-refractivity contribution < 1.29 is 4.84 Å². The Kier molecular flexibility index (Phi) is 7.31. The molecule has 0 aliphatic carbocycles. The first-order chi connectivity index (χ1) is 8.89. The van der Waals surface area contributed by atoms with Gasteiger partial charge in [-0.25, -0.2) is 9.97 Å². The van der Waals surface area contributed by atoms with E-state index < -0.39 is 0 Å². The van der Waals surface area contributed by atoms with Crippen LogP contribution in [0.5, 0.6) is 0 Å². The highest BCUT2D eigenvalue weighted by atomic mass is 16.6. The molecule has 0 atom stereocenters. The van der Waals surface area contributed by atoms with Crippen molar-refractivity contribution in [3.63, 3.8) is 0 Å². The predicted molar refractivity (Wildman–Crippen MR) is 68.5 cm³/mol. The Bertz CT molecular complexity index is 324. The Balaban J connectivity index is 0.000000135. The van der Waals surface area contributed by atoms with E-state index in [4.69, 9.17) is 0 Å². The fourth-order valence-electron chi connectivity index (χ4n) is 0.837. The molecule has 6 heteroatoms. The molecule has 3 rings (SSSR count). The molecule has 1 aliphatic rings. The SMILES string of the molecule is CN1C=NOC1.c1ccncc1.c1cncnc1. The molecule has 0 amide bonds. The Morgan fingerprint density at radius 2 is 1.56 bits per heavy atom. The van der Waals surface area contributed by atoms with Crippen LogP contribution in [0.4, 0.5) is 0 Å². The molecular weight excluding hydrogens is 230 g/mol. The second kappa shape index (κ2) is 9.71. The fraction of sp³-hybridized carbons (Fsp3) is 0.167. The lowest BCUT2D eigenvalue weighted by Crippen LogP contribution is -2.10. The predicted octanol–water partition coefficient (Wildman–Crippen LogP) is 1.41. The molecule has 0 unspecified atom stereocenters. The van der Waals surface area contributed by atoms with Gasteiger partial charge in [0.1, 0.15) is 12.7 Å².